The van der Waals surface area contributed by atoms with Gasteiger partial charge < -0.3 is 0 Å². The van der Waals surface area contributed by atoms with Crippen LogP contribution in [-0.2, 0) is 5.41 Å². The minimum Gasteiger partial charge on any atom is -0.135 e. The molecule has 0 radical (unpaired) electrons. The van der Waals surface area contributed by atoms with Gasteiger partial charge in [0.05, 0.1) is 5.41 Å². The summed E-state index contributed by atoms with van der Waals surface area (Å²) in [5, 5.41) is 10.7. The average molecular weight is 725 g/mol. The van der Waals surface area contributed by atoms with E-state index in [4.69, 9.17) is 0 Å². The molecule has 10 aromatic carbocycles. The van der Waals surface area contributed by atoms with E-state index in [9.17, 15) is 0 Å². The van der Waals surface area contributed by atoms with E-state index in [1.165, 1.54) is 119 Å². The monoisotopic (exact) mass is 724 g/mol. The van der Waals surface area contributed by atoms with E-state index in [0.29, 0.717) is 0 Å². The highest BCUT2D eigenvalue weighted by molar-refractivity contribution is 7.26. The average Bonchev–Trinajstić information content (AvgIpc) is 3.90. The Morgan fingerprint density at radius 3 is 1.66 bits per heavy atom. The molecular weight excluding hydrogens is 693 g/mol. The van der Waals surface area contributed by atoms with E-state index in [1.807, 2.05) is 11.3 Å². The Balaban J connectivity index is 1.13. The van der Waals surface area contributed by atoms with Gasteiger partial charge in [0, 0.05) is 20.2 Å². The van der Waals surface area contributed by atoms with E-state index >= 15 is 0 Å². The Morgan fingerprint density at radius 1 is 0.286 bits per heavy atom. The number of thiophene rings is 1. The minimum atomic E-state index is -0.460. The summed E-state index contributed by atoms with van der Waals surface area (Å²) in [5.41, 5.74) is 15.3. The van der Waals surface area contributed by atoms with Crippen LogP contribution in [0.25, 0.3) is 97.0 Å². The van der Waals surface area contributed by atoms with Gasteiger partial charge in [0.25, 0.3) is 0 Å². The van der Waals surface area contributed by atoms with Gasteiger partial charge in [-0.1, -0.05) is 170 Å². The highest BCUT2D eigenvalue weighted by atomic mass is 32.1. The molecule has 0 saturated heterocycles. The van der Waals surface area contributed by atoms with E-state index in [1.54, 1.807) is 0 Å². The molecule has 1 heteroatoms. The molecule has 0 N–H and O–H groups in total. The fourth-order valence-electron chi connectivity index (χ4n) is 10.5. The predicted molar refractivity (Wildman–Crippen MR) is 239 cm³/mol. The molecule has 1 heterocycles. The number of benzene rings is 10. The van der Waals surface area contributed by atoms with Gasteiger partial charge in [-0.25, -0.2) is 0 Å². The van der Waals surface area contributed by atoms with Gasteiger partial charge in [-0.05, 0) is 123 Å². The van der Waals surface area contributed by atoms with Gasteiger partial charge in [0.2, 0.25) is 0 Å². The van der Waals surface area contributed by atoms with Gasteiger partial charge in [-0.2, -0.15) is 0 Å². The third-order valence-corrected chi connectivity index (χ3v) is 14.1. The van der Waals surface area contributed by atoms with E-state index in [2.05, 4.69) is 194 Å². The Labute approximate surface area is 328 Å². The van der Waals surface area contributed by atoms with Gasteiger partial charge in [-0.3, -0.25) is 0 Å². The first-order valence-corrected chi connectivity index (χ1v) is 20.3. The molecule has 1 atom stereocenters. The normalized spacial score (nSPS) is 15.2. The third kappa shape index (κ3) is 3.88. The van der Waals surface area contributed by atoms with Crippen LogP contribution < -0.4 is 0 Å². The third-order valence-electron chi connectivity index (χ3n) is 12.9. The van der Waals surface area contributed by atoms with Crippen LogP contribution in [0.2, 0.25) is 0 Å². The second kappa shape index (κ2) is 11.1. The molecule has 258 valence electrons. The summed E-state index contributed by atoms with van der Waals surface area (Å²) in [5.74, 6) is 0. The largest absolute Gasteiger partial charge is 0.135 e. The van der Waals surface area contributed by atoms with Gasteiger partial charge in [-0.15, -0.1) is 11.3 Å². The lowest BCUT2D eigenvalue weighted by molar-refractivity contribution is 0.797. The molecule has 11 aromatic rings. The molecule has 0 aliphatic heterocycles. The van der Waals surface area contributed by atoms with Crippen molar-refractivity contribution < 1.29 is 0 Å². The zero-order valence-electron chi connectivity index (χ0n) is 30.4. The Kier molecular flexibility index (Phi) is 6.07. The first kappa shape index (κ1) is 30.5. The van der Waals surface area contributed by atoms with Gasteiger partial charge in [0.15, 0.2) is 0 Å². The topological polar surface area (TPSA) is 0 Å². The molecule has 2 aliphatic rings. The fraction of sp³-hybridized carbons (Fsp3) is 0.0182. The highest BCUT2D eigenvalue weighted by Crippen LogP contribution is 2.64. The van der Waals surface area contributed by atoms with Crippen molar-refractivity contribution in [2.45, 2.75) is 5.41 Å². The van der Waals surface area contributed by atoms with Gasteiger partial charge >= 0.3 is 0 Å². The molecule has 0 fully saturated rings. The van der Waals surface area contributed by atoms with Crippen LogP contribution >= 0.6 is 11.3 Å². The standard InChI is InChI=1S/C55H32S/c1-3-12-33(13-4-1)35-24-27-39-42-18-10-21-48-52(42)53-43(45(39)30-35)19-11-22-49(53)55(48)47-29-26-37(38-17-9-20-44-41-16-7-8-23-51(41)56-54(38)44)31-46(47)40-28-25-36(32-50(40)55)34-14-5-2-6-15-34/h1-32H. The van der Waals surface area contributed by atoms with Crippen molar-refractivity contribution in [1.29, 1.82) is 0 Å². The molecule has 56 heavy (non-hydrogen) atoms. The highest BCUT2D eigenvalue weighted by Gasteiger charge is 2.51. The van der Waals surface area contributed by atoms with Crippen LogP contribution in [0.3, 0.4) is 0 Å². The summed E-state index contributed by atoms with van der Waals surface area (Å²) in [6.07, 6.45) is 0. The molecule has 1 unspecified atom stereocenters. The van der Waals surface area contributed by atoms with Crippen LogP contribution in [0.5, 0.6) is 0 Å². The first-order valence-electron chi connectivity index (χ1n) is 19.5. The predicted octanol–water partition coefficient (Wildman–Crippen LogP) is 15.2. The number of hydrogen-bond acceptors (Lipinski definition) is 1. The van der Waals surface area contributed by atoms with E-state index in [-0.39, 0.29) is 0 Å². The van der Waals surface area contributed by atoms with Crippen LogP contribution in [0, 0.1) is 0 Å². The van der Waals surface area contributed by atoms with Crippen LogP contribution in [0.1, 0.15) is 22.3 Å². The fourth-order valence-corrected chi connectivity index (χ4v) is 11.8. The van der Waals surface area contributed by atoms with Crippen LogP contribution in [0.4, 0.5) is 0 Å². The molecule has 0 amide bonds. The molecule has 2 aliphatic carbocycles. The number of hydrogen-bond donors (Lipinski definition) is 0. The molecule has 0 nitrogen and oxygen atoms in total. The summed E-state index contributed by atoms with van der Waals surface area (Å²) in [7, 11) is 0. The summed E-state index contributed by atoms with van der Waals surface area (Å²) in [4.78, 5) is 0. The van der Waals surface area contributed by atoms with Crippen molar-refractivity contribution in [3.63, 3.8) is 0 Å². The van der Waals surface area contributed by atoms with Crippen molar-refractivity contribution in [2.24, 2.45) is 0 Å². The molecule has 1 aromatic heterocycles. The number of fused-ring (bicyclic) bond motifs is 13. The quantitative estimate of drug-likeness (QED) is 0.159. The zero-order valence-corrected chi connectivity index (χ0v) is 31.2. The number of rotatable bonds is 3. The maximum absolute atomic E-state index is 2.51. The van der Waals surface area contributed by atoms with Crippen LogP contribution in [-0.4, -0.2) is 0 Å². The summed E-state index contributed by atoms with van der Waals surface area (Å²) in [6.45, 7) is 0. The van der Waals surface area contributed by atoms with Crippen molar-refractivity contribution >= 4 is 63.8 Å². The SMILES string of the molecule is c1ccc(-c2ccc3c(c2)C2(c4ccc(-c5cccc6c5sc5ccccc56)cc4-3)c3cccc4c5ccc(-c6ccccc6)cc5c5cccc2c5c34)cc1. The molecule has 13 rings (SSSR count). The smallest absolute Gasteiger partial charge is 0.0726 e. The Morgan fingerprint density at radius 2 is 0.893 bits per heavy atom. The van der Waals surface area contributed by atoms with Crippen molar-refractivity contribution in [3.05, 3.63) is 216 Å². The van der Waals surface area contributed by atoms with Crippen LogP contribution in [0.15, 0.2) is 194 Å². The summed E-state index contributed by atoms with van der Waals surface area (Å²) >= 11 is 1.91. The Bertz CT molecular complexity index is 3460. The minimum absolute atomic E-state index is 0.460. The second-order valence-electron chi connectivity index (χ2n) is 15.5. The maximum Gasteiger partial charge on any atom is 0.0726 e. The van der Waals surface area contributed by atoms with Crippen molar-refractivity contribution in [2.75, 3.05) is 0 Å². The second-order valence-corrected chi connectivity index (χ2v) is 16.6. The van der Waals surface area contributed by atoms with Gasteiger partial charge in [0.1, 0.15) is 0 Å². The zero-order chi connectivity index (χ0) is 36.5. The molecule has 0 bridgehead atoms. The lowest BCUT2D eigenvalue weighted by Crippen LogP contribution is -2.26. The van der Waals surface area contributed by atoms with E-state index in [0.717, 1.165) is 0 Å². The Hall–Kier alpha value is -6.80. The van der Waals surface area contributed by atoms with E-state index < -0.39 is 5.41 Å². The molecule has 0 saturated carbocycles. The lowest BCUT2D eigenvalue weighted by Gasteiger charge is -2.31. The summed E-state index contributed by atoms with van der Waals surface area (Å²) < 4.78 is 2.69. The van der Waals surface area contributed by atoms with Crippen molar-refractivity contribution in [1.82, 2.24) is 0 Å². The maximum atomic E-state index is 2.51. The first-order chi connectivity index (χ1) is 27.8. The molecular formula is C55H32S. The van der Waals surface area contributed by atoms with Crippen molar-refractivity contribution in [3.8, 4) is 44.5 Å². The summed E-state index contributed by atoms with van der Waals surface area (Å²) in [6, 6.07) is 73.2. The lowest BCUT2D eigenvalue weighted by atomic mass is 9.69. The molecule has 1 spiro atoms.